The molecule has 0 radical (unpaired) electrons. The molecule has 0 atom stereocenters. The number of rotatable bonds is 4. The van der Waals surface area contributed by atoms with Crippen LogP contribution in [0, 0.1) is 6.92 Å². The van der Waals surface area contributed by atoms with Crippen molar-refractivity contribution in [3.8, 4) is 0 Å². The summed E-state index contributed by atoms with van der Waals surface area (Å²) in [5.41, 5.74) is 7.54. The fraction of sp³-hybridized carbons (Fsp3) is 0.545. The van der Waals surface area contributed by atoms with Gasteiger partial charge in [0.2, 0.25) is 0 Å². The molecule has 0 saturated heterocycles. The lowest BCUT2D eigenvalue weighted by molar-refractivity contribution is 0.298. The van der Waals surface area contributed by atoms with Gasteiger partial charge in [-0.15, -0.1) is 0 Å². The Bertz CT molecular complexity index is 326. The lowest BCUT2D eigenvalue weighted by atomic mass is 10.2. The Kier molecular flexibility index (Phi) is 3.91. The molecule has 4 heteroatoms. The first-order valence-electron chi connectivity index (χ1n) is 5.16. The maximum Gasteiger partial charge on any atom is 0.130 e. The van der Waals surface area contributed by atoms with E-state index in [2.05, 4.69) is 18.8 Å². The number of aryl methyl sites for hydroxylation is 1. The van der Waals surface area contributed by atoms with Crippen molar-refractivity contribution < 1.29 is 5.11 Å². The summed E-state index contributed by atoms with van der Waals surface area (Å²) >= 11 is 0. The molecule has 84 valence electrons. The van der Waals surface area contributed by atoms with Crippen LogP contribution in [0.3, 0.4) is 0 Å². The van der Waals surface area contributed by atoms with Crippen molar-refractivity contribution in [3.63, 3.8) is 0 Å². The van der Waals surface area contributed by atoms with Gasteiger partial charge in [-0.3, -0.25) is 0 Å². The Balaban J connectivity index is 2.95. The molecule has 0 aromatic carbocycles. The molecule has 0 aliphatic heterocycles. The van der Waals surface area contributed by atoms with E-state index in [9.17, 15) is 0 Å². The Hall–Kier alpha value is -1.29. The van der Waals surface area contributed by atoms with E-state index in [1.165, 1.54) is 0 Å². The van der Waals surface area contributed by atoms with Gasteiger partial charge in [-0.25, -0.2) is 4.98 Å². The van der Waals surface area contributed by atoms with E-state index in [1.54, 1.807) is 6.20 Å². The molecular weight excluding hydrogens is 190 g/mol. The van der Waals surface area contributed by atoms with Crippen LogP contribution in [0.15, 0.2) is 12.3 Å². The van der Waals surface area contributed by atoms with Gasteiger partial charge in [-0.1, -0.05) is 0 Å². The minimum atomic E-state index is 0.119. The number of hydrogen-bond acceptors (Lipinski definition) is 4. The monoisotopic (exact) mass is 209 g/mol. The number of nitrogens with zero attached hydrogens (tertiary/aromatic N) is 2. The minimum Gasteiger partial charge on any atom is -0.398 e. The van der Waals surface area contributed by atoms with Crippen LogP contribution in [0.4, 0.5) is 11.5 Å². The van der Waals surface area contributed by atoms with Gasteiger partial charge in [0, 0.05) is 30.5 Å². The van der Waals surface area contributed by atoms with E-state index < -0.39 is 0 Å². The first kappa shape index (κ1) is 11.8. The molecule has 4 nitrogen and oxygen atoms in total. The van der Waals surface area contributed by atoms with Crippen LogP contribution in [-0.2, 0) is 0 Å². The van der Waals surface area contributed by atoms with Crippen molar-refractivity contribution in [2.45, 2.75) is 26.8 Å². The average Bonchev–Trinajstić information content (AvgIpc) is 2.18. The van der Waals surface area contributed by atoms with Gasteiger partial charge in [0.15, 0.2) is 0 Å². The first-order valence-corrected chi connectivity index (χ1v) is 5.16. The van der Waals surface area contributed by atoms with Gasteiger partial charge in [0.05, 0.1) is 6.61 Å². The highest BCUT2D eigenvalue weighted by Crippen LogP contribution is 2.19. The standard InChI is InChI=1S/C11H19N3O/c1-8(2)14(4-5-15)11-6-10(12)9(3)7-13-11/h6-8,15H,4-5H2,1-3H3,(H2,12,13). The van der Waals surface area contributed by atoms with Gasteiger partial charge >= 0.3 is 0 Å². The van der Waals surface area contributed by atoms with Crippen molar-refractivity contribution in [2.24, 2.45) is 0 Å². The van der Waals surface area contributed by atoms with Crippen molar-refractivity contribution >= 4 is 11.5 Å². The van der Waals surface area contributed by atoms with Gasteiger partial charge in [-0.2, -0.15) is 0 Å². The molecule has 1 heterocycles. The number of nitrogens with two attached hydrogens (primary N) is 1. The third kappa shape index (κ3) is 2.83. The van der Waals surface area contributed by atoms with E-state index >= 15 is 0 Å². The zero-order valence-corrected chi connectivity index (χ0v) is 9.57. The number of nitrogen functional groups attached to an aromatic ring is 1. The second-order valence-corrected chi connectivity index (χ2v) is 3.91. The number of anilines is 2. The van der Waals surface area contributed by atoms with E-state index in [0.29, 0.717) is 12.6 Å². The number of hydrogen-bond donors (Lipinski definition) is 2. The van der Waals surface area contributed by atoms with E-state index in [1.807, 2.05) is 17.9 Å². The fourth-order valence-corrected chi connectivity index (χ4v) is 1.43. The summed E-state index contributed by atoms with van der Waals surface area (Å²) in [4.78, 5) is 6.34. The Morgan fingerprint density at radius 3 is 2.67 bits per heavy atom. The smallest absolute Gasteiger partial charge is 0.130 e. The van der Waals surface area contributed by atoms with Crippen molar-refractivity contribution in [1.82, 2.24) is 4.98 Å². The molecule has 0 amide bonds. The Morgan fingerprint density at radius 2 is 2.20 bits per heavy atom. The zero-order chi connectivity index (χ0) is 11.4. The molecule has 0 saturated carbocycles. The summed E-state index contributed by atoms with van der Waals surface area (Å²) in [5, 5.41) is 8.97. The number of pyridine rings is 1. The summed E-state index contributed by atoms with van der Waals surface area (Å²) in [6.45, 7) is 6.75. The van der Waals surface area contributed by atoms with Crippen molar-refractivity contribution in [3.05, 3.63) is 17.8 Å². The minimum absolute atomic E-state index is 0.119. The normalized spacial score (nSPS) is 10.7. The average molecular weight is 209 g/mol. The summed E-state index contributed by atoms with van der Waals surface area (Å²) < 4.78 is 0. The van der Waals surface area contributed by atoms with Crippen LogP contribution in [0.2, 0.25) is 0 Å². The highest BCUT2D eigenvalue weighted by molar-refractivity contribution is 5.55. The van der Waals surface area contributed by atoms with Gasteiger partial charge in [0.1, 0.15) is 5.82 Å². The molecular formula is C11H19N3O. The molecule has 0 bridgehead atoms. The molecule has 1 aromatic rings. The molecule has 0 unspecified atom stereocenters. The quantitative estimate of drug-likeness (QED) is 0.781. The molecule has 1 aromatic heterocycles. The Morgan fingerprint density at radius 1 is 1.53 bits per heavy atom. The van der Waals surface area contributed by atoms with Crippen molar-refractivity contribution in [2.75, 3.05) is 23.8 Å². The van der Waals surface area contributed by atoms with E-state index in [-0.39, 0.29) is 6.61 Å². The highest BCUT2D eigenvalue weighted by Gasteiger charge is 2.11. The third-order valence-electron chi connectivity index (χ3n) is 2.39. The molecule has 3 N–H and O–H groups in total. The zero-order valence-electron chi connectivity index (χ0n) is 9.57. The molecule has 0 aliphatic carbocycles. The van der Waals surface area contributed by atoms with Crippen molar-refractivity contribution in [1.29, 1.82) is 0 Å². The van der Waals surface area contributed by atoms with Crippen LogP contribution >= 0.6 is 0 Å². The van der Waals surface area contributed by atoms with Gasteiger partial charge in [-0.05, 0) is 26.3 Å². The SMILES string of the molecule is Cc1cnc(N(CCO)C(C)C)cc1N. The van der Waals surface area contributed by atoms with Crippen LogP contribution in [0.1, 0.15) is 19.4 Å². The van der Waals surface area contributed by atoms with E-state index in [0.717, 1.165) is 17.1 Å². The summed E-state index contributed by atoms with van der Waals surface area (Å²) in [5.74, 6) is 0.821. The first-order chi connectivity index (χ1) is 7.06. The maximum atomic E-state index is 8.97. The summed E-state index contributed by atoms with van der Waals surface area (Å²) in [7, 11) is 0. The second-order valence-electron chi connectivity index (χ2n) is 3.91. The topological polar surface area (TPSA) is 62.4 Å². The summed E-state index contributed by atoms with van der Waals surface area (Å²) in [6.07, 6.45) is 1.76. The predicted molar refractivity (Wildman–Crippen MR) is 63.0 cm³/mol. The number of aliphatic hydroxyl groups excluding tert-OH is 1. The molecule has 0 fully saturated rings. The molecule has 1 rings (SSSR count). The van der Waals surface area contributed by atoms with Crippen LogP contribution in [-0.4, -0.2) is 29.3 Å². The van der Waals surface area contributed by atoms with E-state index in [4.69, 9.17) is 10.8 Å². The third-order valence-corrected chi connectivity index (χ3v) is 2.39. The lowest BCUT2D eigenvalue weighted by Crippen LogP contribution is -2.34. The lowest BCUT2D eigenvalue weighted by Gasteiger charge is -2.27. The number of aromatic nitrogens is 1. The van der Waals surface area contributed by atoms with Crippen LogP contribution in [0.25, 0.3) is 0 Å². The molecule has 0 aliphatic rings. The fourth-order valence-electron chi connectivity index (χ4n) is 1.43. The van der Waals surface area contributed by atoms with Crippen LogP contribution in [0.5, 0.6) is 0 Å². The van der Waals surface area contributed by atoms with Crippen LogP contribution < -0.4 is 10.6 Å². The predicted octanol–water partition coefficient (Wildman–Crippen LogP) is 1.18. The molecule has 0 spiro atoms. The Labute approximate surface area is 90.7 Å². The highest BCUT2D eigenvalue weighted by atomic mass is 16.3. The summed E-state index contributed by atoms with van der Waals surface area (Å²) in [6, 6.07) is 2.15. The molecule has 15 heavy (non-hydrogen) atoms. The maximum absolute atomic E-state index is 8.97. The number of aliphatic hydroxyl groups is 1. The van der Waals surface area contributed by atoms with Gasteiger partial charge in [0.25, 0.3) is 0 Å². The largest absolute Gasteiger partial charge is 0.398 e. The second kappa shape index (κ2) is 4.98. The van der Waals surface area contributed by atoms with Gasteiger partial charge < -0.3 is 15.7 Å².